The van der Waals surface area contributed by atoms with E-state index in [1.54, 1.807) is 24.7 Å². The quantitative estimate of drug-likeness (QED) is 0.762. The van der Waals surface area contributed by atoms with Crippen LogP contribution in [0.4, 0.5) is 11.6 Å². The molecule has 0 aliphatic rings. The molecule has 2 heterocycles. The Labute approximate surface area is 107 Å². The van der Waals surface area contributed by atoms with Crippen LogP contribution in [0.25, 0.3) is 0 Å². The van der Waals surface area contributed by atoms with Crippen molar-refractivity contribution in [1.29, 1.82) is 0 Å². The van der Waals surface area contributed by atoms with Crippen molar-refractivity contribution in [3.05, 3.63) is 30.9 Å². The van der Waals surface area contributed by atoms with Crippen molar-refractivity contribution in [2.45, 2.75) is 39.2 Å². The van der Waals surface area contributed by atoms with Gasteiger partial charge in [0, 0.05) is 25.1 Å². The Morgan fingerprint density at radius 3 is 2.78 bits per heavy atom. The fourth-order valence-electron chi connectivity index (χ4n) is 1.74. The second kappa shape index (κ2) is 6.74. The fourth-order valence-corrected chi connectivity index (χ4v) is 1.74. The predicted molar refractivity (Wildman–Crippen MR) is 71.7 cm³/mol. The minimum atomic E-state index is 0.600. The van der Waals surface area contributed by atoms with Crippen molar-refractivity contribution in [2.24, 2.45) is 0 Å². The van der Waals surface area contributed by atoms with Gasteiger partial charge in [-0.25, -0.2) is 9.97 Å². The number of hydrogen-bond donors (Lipinski definition) is 1. The first-order valence-corrected chi connectivity index (χ1v) is 6.45. The zero-order chi connectivity index (χ0) is 12.6. The molecule has 2 aromatic rings. The van der Waals surface area contributed by atoms with Gasteiger partial charge in [0.25, 0.3) is 0 Å². The molecule has 0 atom stereocenters. The molecule has 5 nitrogen and oxygen atoms in total. The molecule has 0 radical (unpaired) electrons. The summed E-state index contributed by atoms with van der Waals surface area (Å²) in [7, 11) is 0. The minimum Gasteiger partial charge on any atom is -0.321 e. The van der Waals surface area contributed by atoms with Gasteiger partial charge in [-0.2, -0.15) is 5.10 Å². The summed E-state index contributed by atoms with van der Waals surface area (Å²) >= 11 is 0. The fraction of sp³-hybridized carbons (Fsp3) is 0.462. The zero-order valence-corrected chi connectivity index (χ0v) is 10.7. The molecule has 0 saturated carbocycles. The van der Waals surface area contributed by atoms with E-state index in [1.165, 1.54) is 25.7 Å². The molecule has 0 spiro atoms. The molecule has 0 unspecified atom stereocenters. The lowest BCUT2D eigenvalue weighted by Gasteiger charge is -2.01. The van der Waals surface area contributed by atoms with Crippen LogP contribution in [0.1, 0.15) is 32.6 Å². The Bertz CT molecular complexity index is 451. The molecule has 0 bridgehead atoms. The Morgan fingerprint density at radius 2 is 2.00 bits per heavy atom. The monoisotopic (exact) mass is 245 g/mol. The van der Waals surface area contributed by atoms with Crippen LogP contribution in [-0.2, 0) is 6.54 Å². The van der Waals surface area contributed by atoms with E-state index in [9.17, 15) is 0 Å². The highest BCUT2D eigenvalue weighted by atomic mass is 15.3. The van der Waals surface area contributed by atoms with Gasteiger partial charge in [0.1, 0.15) is 0 Å². The Balaban J connectivity index is 1.83. The third-order valence-corrected chi connectivity index (χ3v) is 2.70. The molecular formula is C13H19N5. The highest BCUT2D eigenvalue weighted by Crippen LogP contribution is 2.11. The van der Waals surface area contributed by atoms with E-state index in [-0.39, 0.29) is 0 Å². The Kier molecular flexibility index (Phi) is 4.69. The maximum atomic E-state index is 4.31. The lowest BCUT2D eigenvalue weighted by atomic mass is 10.2. The van der Waals surface area contributed by atoms with E-state index < -0.39 is 0 Å². The second-order valence-corrected chi connectivity index (χ2v) is 4.25. The smallest absolute Gasteiger partial charge is 0.227 e. The first-order chi connectivity index (χ1) is 8.88. The number of rotatable bonds is 7. The van der Waals surface area contributed by atoms with Crippen LogP contribution in [0.15, 0.2) is 30.9 Å². The highest BCUT2D eigenvalue weighted by molar-refractivity contribution is 5.49. The van der Waals surface area contributed by atoms with Crippen molar-refractivity contribution in [1.82, 2.24) is 19.7 Å². The lowest BCUT2D eigenvalue weighted by Crippen LogP contribution is -1.98. The van der Waals surface area contributed by atoms with E-state index >= 15 is 0 Å². The van der Waals surface area contributed by atoms with Crippen molar-refractivity contribution in [3.63, 3.8) is 0 Å². The van der Waals surface area contributed by atoms with Gasteiger partial charge in [0.2, 0.25) is 5.95 Å². The third kappa shape index (κ3) is 3.84. The SMILES string of the molecule is CCCCCCn1cc(Nc2ncccn2)cn1. The number of hydrogen-bond acceptors (Lipinski definition) is 4. The number of aromatic nitrogens is 4. The van der Waals surface area contributed by atoms with E-state index in [2.05, 4.69) is 27.3 Å². The average Bonchev–Trinajstić information content (AvgIpc) is 2.84. The summed E-state index contributed by atoms with van der Waals surface area (Å²) < 4.78 is 1.96. The molecule has 0 saturated heterocycles. The molecule has 0 fully saturated rings. The van der Waals surface area contributed by atoms with Crippen molar-refractivity contribution >= 4 is 11.6 Å². The maximum Gasteiger partial charge on any atom is 0.227 e. The number of aryl methyl sites for hydroxylation is 1. The first kappa shape index (κ1) is 12.5. The predicted octanol–water partition coefficient (Wildman–Crippen LogP) is 3.00. The summed E-state index contributed by atoms with van der Waals surface area (Å²) in [5.41, 5.74) is 0.927. The lowest BCUT2D eigenvalue weighted by molar-refractivity contribution is 0.541. The Hall–Kier alpha value is -1.91. The number of anilines is 2. The molecule has 18 heavy (non-hydrogen) atoms. The van der Waals surface area contributed by atoms with E-state index in [4.69, 9.17) is 0 Å². The molecule has 0 aliphatic heterocycles. The topological polar surface area (TPSA) is 55.6 Å². The van der Waals surface area contributed by atoms with Gasteiger partial charge < -0.3 is 5.32 Å². The van der Waals surface area contributed by atoms with Crippen LogP contribution in [0.2, 0.25) is 0 Å². The molecule has 0 aromatic carbocycles. The molecule has 2 aromatic heterocycles. The van der Waals surface area contributed by atoms with Gasteiger partial charge in [-0.1, -0.05) is 26.2 Å². The van der Waals surface area contributed by atoms with Crippen LogP contribution in [0.3, 0.4) is 0 Å². The van der Waals surface area contributed by atoms with Crippen LogP contribution >= 0.6 is 0 Å². The third-order valence-electron chi connectivity index (χ3n) is 2.70. The molecule has 0 amide bonds. The molecule has 5 heteroatoms. The highest BCUT2D eigenvalue weighted by Gasteiger charge is 2.00. The van der Waals surface area contributed by atoms with Gasteiger partial charge in [0.05, 0.1) is 11.9 Å². The largest absolute Gasteiger partial charge is 0.321 e. The molecular weight excluding hydrogens is 226 g/mol. The van der Waals surface area contributed by atoms with E-state index in [0.717, 1.165) is 12.2 Å². The summed E-state index contributed by atoms with van der Waals surface area (Å²) in [5.74, 6) is 0.600. The zero-order valence-electron chi connectivity index (χ0n) is 10.7. The van der Waals surface area contributed by atoms with Gasteiger partial charge in [-0.3, -0.25) is 4.68 Å². The first-order valence-electron chi connectivity index (χ1n) is 6.45. The average molecular weight is 245 g/mol. The summed E-state index contributed by atoms with van der Waals surface area (Å²) in [5, 5.41) is 7.43. The minimum absolute atomic E-state index is 0.600. The number of unbranched alkanes of at least 4 members (excludes halogenated alkanes) is 3. The summed E-state index contributed by atoms with van der Waals surface area (Å²) in [6, 6.07) is 1.79. The molecule has 2 rings (SSSR count). The van der Waals surface area contributed by atoms with Gasteiger partial charge >= 0.3 is 0 Å². The molecule has 1 N–H and O–H groups in total. The second-order valence-electron chi connectivity index (χ2n) is 4.25. The molecule has 0 aliphatic carbocycles. The van der Waals surface area contributed by atoms with Crippen molar-refractivity contribution in [3.8, 4) is 0 Å². The van der Waals surface area contributed by atoms with Gasteiger partial charge in [-0.15, -0.1) is 0 Å². The number of nitrogens with zero attached hydrogens (tertiary/aromatic N) is 4. The summed E-state index contributed by atoms with van der Waals surface area (Å²) in [4.78, 5) is 8.22. The van der Waals surface area contributed by atoms with E-state index in [0.29, 0.717) is 5.95 Å². The van der Waals surface area contributed by atoms with Crippen LogP contribution in [-0.4, -0.2) is 19.7 Å². The van der Waals surface area contributed by atoms with Gasteiger partial charge in [0.15, 0.2) is 0 Å². The van der Waals surface area contributed by atoms with Crippen LogP contribution in [0.5, 0.6) is 0 Å². The van der Waals surface area contributed by atoms with Crippen molar-refractivity contribution in [2.75, 3.05) is 5.32 Å². The van der Waals surface area contributed by atoms with Gasteiger partial charge in [-0.05, 0) is 12.5 Å². The molecule has 96 valence electrons. The standard InChI is InChI=1S/C13H19N5/c1-2-3-4-5-9-18-11-12(10-16-18)17-13-14-7-6-8-15-13/h6-8,10-11H,2-5,9H2,1H3,(H,14,15,17). The van der Waals surface area contributed by atoms with E-state index in [1.807, 2.05) is 10.9 Å². The van der Waals surface area contributed by atoms with Crippen LogP contribution in [0, 0.1) is 0 Å². The Morgan fingerprint density at radius 1 is 1.17 bits per heavy atom. The summed E-state index contributed by atoms with van der Waals surface area (Å²) in [6.45, 7) is 3.19. The van der Waals surface area contributed by atoms with Crippen LogP contribution < -0.4 is 5.32 Å². The van der Waals surface area contributed by atoms with Crippen molar-refractivity contribution < 1.29 is 0 Å². The summed E-state index contributed by atoms with van der Waals surface area (Å²) in [6.07, 6.45) is 12.2. The number of nitrogens with one attached hydrogen (secondary N) is 1. The normalized spacial score (nSPS) is 10.5. The maximum absolute atomic E-state index is 4.31.